The molecule has 1 aliphatic carbocycles. The van der Waals surface area contributed by atoms with Crippen LogP contribution in [-0.4, -0.2) is 27.4 Å². The highest BCUT2D eigenvalue weighted by atomic mass is 35.5. The van der Waals surface area contributed by atoms with Gasteiger partial charge in [0.25, 0.3) is 10.0 Å². The van der Waals surface area contributed by atoms with Crippen LogP contribution in [0.5, 0.6) is 0 Å². The zero-order chi connectivity index (χ0) is 20.0. The van der Waals surface area contributed by atoms with Gasteiger partial charge in [-0.25, -0.2) is 8.42 Å². The summed E-state index contributed by atoms with van der Waals surface area (Å²) in [4.78, 5) is 12.7. The highest BCUT2D eigenvalue weighted by molar-refractivity contribution is 7.92. The summed E-state index contributed by atoms with van der Waals surface area (Å²) in [5.41, 5.74) is 1.47. The number of hydrogen-bond donors (Lipinski definition) is 1. The number of halogens is 1. The van der Waals surface area contributed by atoms with Crippen LogP contribution in [0.25, 0.3) is 0 Å². The second-order valence-electron chi connectivity index (χ2n) is 6.66. The number of carbonyl (C=O) groups is 1. The monoisotopic (exact) mass is 418 g/mol. The van der Waals surface area contributed by atoms with Gasteiger partial charge in [-0.2, -0.15) is 0 Å². The largest absolute Gasteiger partial charge is 0.351 e. The molecule has 0 fully saturated rings. The Balaban J connectivity index is 1.84. The minimum Gasteiger partial charge on any atom is -0.351 e. The number of anilines is 1. The lowest BCUT2D eigenvalue weighted by molar-refractivity contribution is -0.119. The van der Waals surface area contributed by atoms with Gasteiger partial charge in [0.05, 0.1) is 15.6 Å². The Morgan fingerprint density at radius 2 is 1.75 bits per heavy atom. The summed E-state index contributed by atoms with van der Waals surface area (Å²) in [5, 5.41) is 3.11. The summed E-state index contributed by atoms with van der Waals surface area (Å²) in [6.45, 7) is 0.106. The summed E-state index contributed by atoms with van der Waals surface area (Å²) in [6.07, 6.45) is 6.44. The van der Waals surface area contributed by atoms with Crippen LogP contribution in [0.3, 0.4) is 0 Å². The number of nitrogens with zero attached hydrogens (tertiary/aromatic N) is 1. The number of para-hydroxylation sites is 1. The molecule has 0 atom stereocenters. The van der Waals surface area contributed by atoms with Gasteiger partial charge in [0.2, 0.25) is 5.91 Å². The molecule has 0 saturated heterocycles. The molecule has 7 heteroatoms. The topological polar surface area (TPSA) is 66.5 Å². The number of hydrogen-bond acceptors (Lipinski definition) is 3. The second-order valence-corrected chi connectivity index (χ2v) is 8.93. The number of rotatable bonds is 7. The fraction of sp³-hybridized carbons (Fsp3) is 0.286. The minimum atomic E-state index is -3.94. The van der Waals surface area contributed by atoms with Gasteiger partial charge in [-0.15, -0.1) is 0 Å². The molecular formula is C21H23ClN2O3S. The first-order valence-electron chi connectivity index (χ1n) is 9.25. The Morgan fingerprint density at radius 1 is 1.04 bits per heavy atom. The van der Waals surface area contributed by atoms with E-state index in [1.165, 1.54) is 24.1 Å². The molecule has 0 heterocycles. The molecule has 0 unspecified atom stereocenters. The van der Waals surface area contributed by atoms with Crippen molar-refractivity contribution in [2.45, 2.75) is 30.6 Å². The number of amides is 1. The summed E-state index contributed by atoms with van der Waals surface area (Å²) in [6, 6.07) is 14.7. The van der Waals surface area contributed by atoms with E-state index in [1.54, 1.807) is 42.5 Å². The third-order valence-electron chi connectivity index (χ3n) is 4.64. The molecule has 0 aliphatic heterocycles. The smallest absolute Gasteiger partial charge is 0.264 e. The van der Waals surface area contributed by atoms with Gasteiger partial charge in [0, 0.05) is 6.54 Å². The molecule has 148 valence electrons. The van der Waals surface area contributed by atoms with Crippen LogP contribution in [-0.2, 0) is 14.8 Å². The van der Waals surface area contributed by atoms with Crippen molar-refractivity contribution in [2.24, 2.45) is 0 Å². The van der Waals surface area contributed by atoms with E-state index in [4.69, 9.17) is 11.6 Å². The van der Waals surface area contributed by atoms with Crippen molar-refractivity contribution < 1.29 is 13.2 Å². The molecule has 1 amide bonds. The fourth-order valence-corrected chi connectivity index (χ4v) is 4.89. The quantitative estimate of drug-likeness (QED) is 0.687. The fourth-order valence-electron chi connectivity index (χ4n) is 3.14. The van der Waals surface area contributed by atoms with Gasteiger partial charge < -0.3 is 5.32 Å². The maximum atomic E-state index is 13.2. The molecule has 5 nitrogen and oxygen atoms in total. The van der Waals surface area contributed by atoms with E-state index in [0.29, 0.717) is 6.54 Å². The first-order valence-corrected chi connectivity index (χ1v) is 11.1. The lowest BCUT2D eigenvalue weighted by Crippen LogP contribution is -2.41. The lowest BCUT2D eigenvalue weighted by Gasteiger charge is -2.25. The van der Waals surface area contributed by atoms with Crippen LogP contribution in [0.1, 0.15) is 25.7 Å². The van der Waals surface area contributed by atoms with E-state index in [1.807, 2.05) is 0 Å². The van der Waals surface area contributed by atoms with Gasteiger partial charge in [0.1, 0.15) is 6.54 Å². The second kappa shape index (κ2) is 9.26. The Kier molecular flexibility index (Phi) is 6.75. The molecule has 28 heavy (non-hydrogen) atoms. The van der Waals surface area contributed by atoms with Gasteiger partial charge in [-0.1, -0.05) is 53.6 Å². The number of sulfonamides is 1. The zero-order valence-corrected chi connectivity index (χ0v) is 17.0. The molecule has 0 aromatic heterocycles. The molecule has 0 spiro atoms. The van der Waals surface area contributed by atoms with Crippen molar-refractivity contribution >= 4 is 33.2 Å². The van der Waals surface area contributed by atoms with Crippen molar-refractivity contribution in [3.8, 4) is 0 Å². The summed E-state index contributed by atoms with van der Waals surface area (Å²) < 4.78 is 27.5. The van der Waals surface area contributed by atoms with E-state index < -0.39 is 10.0 Å². The first-order chi connectivity index (χ1) is 13.5. The molecule has 0 saturated carbocycles. The first kappa shape index (κ1) is 20.4. The number of benzene rings is 2. The average Bonchev–Trinajstić information content (AvgIpc) is 2.72. The maximum Gasteiger partial charge on any atom is 0.264 e. The number of nitrogens with one attached hydrogen (secondary N) is 1. The minimum absolute atomic E-state index is 0.109. The summed E-state index contributed by atoms with van der Waals surface area (Å²) in [7, 11) is -3.94. The van der Waals surface area contributed by atoms with Crippen LogP contribution in [0.4, 0.5) is 5.69 Å². The Bertz CT molecular complexity index is 959. The molecule has 0 bridgehead atoms. The summed E-state index contributed by atoms with van der Waals surface area (Å²) >= 11 is 6.25. The highest BCUT2D eigenvalue weighted by Gasteiger charge is 2.28. The van der Waals surface area contributed by atoms with Crippen molar-refractivity contribution in [1.29, 1.82) is 0 Å². The van der Waals surface area contributed by atoms with Crippen LogP contribution in [0.15, 0.2) is 71.1 Å². The molecule has 1 aliphatic rings. The van der Waals surface area contributed by atoms with Crippen LogP contribution in [0.2, 0.25) is 5.02 Å². The Labute approximate surface area is 171 Å². The highest BCUT2D eigenvalue weighted by Crippen LogP contribution is 2.30. The predicted octanol–water partition coefficient (Wildman–Crippen LogP) is 4.15. The molecule has 0 radical (unpaired) electrons. The standard InChI is InChI=1S/C21H23ClN2O3S/c22-19-13-7-8-14-20(19)24(28(26,27)18-11-5-2-6-12-18)16-21(25)23-15-17-9-3-1-4-10-17/h2,5-9,11-14H,1,3-4,10,15-16H2,(H,23,25). The van der Waals surface area contributed by atoms with E-state index >= 15 is 0 Å². The normalized spacial score (nSPS) is 14.2. The van der Waals surface area contributed by atoms with Gasteiger partial charge in [-0.05, 0) is 49.9 Å². The van der Waals surface area contributed by atoms with Crippen molar-refractivity contribution in [1.82, 2.24) is 5.32 Å². The van der Waals surface area contributed by atoms with E-state index in [0.717, 1.165) is 23.6 Å². The van der Waals surface area contributed by atoms with Crippen LogP contribution in [0, 0.1) is 0 Å². The van der Waals surface area contributed by atoms with E-state index in [2.05, 4.69) is 11.4 Å². The SMILES string of the molecule is O=C(CN(c1ccccc1Cl)S(=O)(=O)c1ccccc1)NCC1=CCCCC1. The average molecular weight is 419 g/mol. The maximum absolute atomic E-state index is 13.2. The van der Waals surface area contributed by atoms with Crippen molar-refractivity contribution in [2.75, 3.05) is 17.4 Å². The molecule has 2 aromatic carbocycles. The zero-order valence-electron chi connectivity index (χ0n) is 15.5. The molecule has 3 rings (SSSR count). The van der Waals surface area contributed by atoms with Crippen LogP contribution < -0.4 is 9.62 Å². The number of carbonyl (C=O) groups excluding carboxylic acids is 1. The van der Waals surface area contributed by atoms with E-state index in [-0.39, 0.29) is 28.1 Å². The van der Waals surface area contributed by atoms with Crippen molar-refractivity contribution in [3.63, 3.8) is 0 Å². The van der Waals surface area contributed by atoms with Gasteiger partial charge in [0.15, 0.2) is 0 Å². The molecule has 1 N–H and O–H groups in total. The van der Waals surface area contributed by atoms with Gasteiger partial charge >= 0.3 is 0 Å². The summed E-state index contributed by atoms with van der Waals surface area (Å²) in [5.74, 6) is -0.370. The number of allylic oxidation sites excluding steroid dienone is 1. The molecular weight excluding hydrogens is 396 g/mol. The Hall–Kier alpha value is -2.31. The van der Waals surface area contributed by atoms with Crippen LogP contribution >= 0.6 is 11.6 Å². The Morgan fingerprint density at radius 3 is 2.43 bits per heavy atom. The van der Waals surface area contributed by atoms with Crippen molar-refractivity contribution in [3.05, 3.63) is 71.3 Å². The van der Waals surface area contributed by atoms with Gasteiger partial charge in [-0.3, -0.25) is 9.10 Å². The lowest BCUT2D eigenvalue weighted by atomic mass is 10.00. The third-order valence-corrected chi connectivity index (χ3v) is 6.73. The molecule has 2 aromatic rings. The third kappa shape index (κ3) is 4.94. The predicted molar refractivity (Wildman–Crippen MR) is 112 cm³/mol. The van der Waals surface area contributed by atoms with E-state index in [9.17, 15) is 13.2 Å².